The molecule has 1 fully saturated rings. The van der Waals surface area contributed by atoms with Gasteiger partial charge in [-0.05, 0) is 17.0 Å². The molecule has 1 aromatic heterocycles. The number of hydrogen-bond donors (Lipinski definition) is 1. The van der Waals surface area contributed by atoms with Crippen LogP contribution in [0.1, 0.15) is 22.4 Å². The van der Waals surface area contributed by atoms with Crippen molar-refractivity contribution >= 4 is 11.3 Å². The average Bonchev–Trinajstić information content (AvgIpc) is 3.08. The van der Waals surface area contributed by atoms with Gasteiger partial charge < -0.3 is 9.84 Å². The molecule has 2 heterocycles. The molecule has 21 heavy (non-hydrogen) atoms. The van der Waals surface area contributed by atoms with Crippen molar-refractivity contribution in [2.45, 2.75) is 12.0 Å². The molecule has 2 atom stereocenters. The van der Waals surface area contributed by atoms with Gasteiger partial charge in [0.1, 0.15) is 0 Å². The minimum Gasteiger partial charge on any atom is -0.396 e. The highest BCUT2D eigenvalue weighted by atomic mass is 32.1. The average molecular weight is 303 g/mol. The van der Waals surface area contributed by atoms with E-state index in [0.29, 0.717) is 0 Å². The van der Waals surface area contributed by atoms with Crippen molar-refractivity contribution in [2.24, 2.45) is 0 Å². The Morgan fingerprint density at radius 1 is 1.10 bits per heavy atom. The molecule has 2 aromatic rings. The number of ether oxygens (including phenoxy) is 1. The summed E-state index contributed by atoms with van der Waals surface area (Å²) in [6, 6.07) is 14.8. The first-order valence-corrected chi connectivity index (χ1v) is 8.29. The lowest BCUT2D eigenvalue weighted by atomic mass is 9.89. The minimum absolute atomic E-state index is 0.1000. The first-order valence-electron chi connectivity index (χ1n) is 7.41. The van der Waals surface area contributed by atoms with Crippen LogP contribution < -0.4 is 0 Å². The molecular formula is C17H21NO2S. The van der Waals surface area contributed by atoms with Gasteiger partial charge in [0.05, 0.1) is 25.9 Å². The topological polar surface area (TPSA) is 32.7 Å². The van der Waals surface area contributed by atoms with E-state index in [1.807, 2.05) is 18.2 Å². The third-order valence-corrected chi connectivity index (χ3v) is 5.02. The molecule has 1 aromatic carbocycles. The minimum atomic E-state index is 0.1000. The fourth-order valence-corrected chi connectivity index (χ4v) is 3.96. The largest absolute Gasteiger partial charge is 0.396 e. The van der Waals surface area contributed by atoms with Gasteiger partial charge in [-0.25, -0.2) is 0 Å². The Hall–Kier alpha value is -1.20. The van der Waals surface area contributed by atoms with Crippen LogP contribution in [0.5, 0.6) is 0 Å². The van der Waals surface area contributed by atoms with Crippen LogP contribution in [0.25, 0.3) is 0 Å². The van der Waals surface area contributed by atoms with Gasteiger partial charge in [-0.15, -0.1) is 11.3 Å². The van der Waals surface area contributed by atoms with Gasteiger partial charge in [0, 0.05) is 23.9 Å². The molecule has 0 spiro atoms. The smallest absolute Gasteiger partial charge is 0.0594 e. The molecule has 4 heteroatoms. The predicted octanol–water partition coefficient (Wildman–Crippen LogP) is 2.90. The van der Waals surface area contributed by atoms with E-state index in [0.717, 1.165) is 26.3 Å². The lowest BCUT2D eigenvalue weighted by Crippen LogP contribution is -2.41. The third-order valence-electron chi connectivity index (χ3n) is 4.08. The first-order chi connectivity index (χ1) is 10.4. The molecule has 1 saturated heterocycles. The Bertz CT molecular complexity index is 523. The predicted molar refractivity (Wildman–Crippen MR) is 85.7 cm³/mol. The molecular weight excluding hydrogens is 282 g/mol. The van der Waals surface area contributed by atoms with Crippen molar-refractivity contribution in [3.8, 4) is 0 Å². The summed E-state index contributed by atoms with van der Waals surface area (Å²) in [6.07, 6.45) is 0. The van der Waals surface area contributed by atoms with E-state index in [-0.39, 0.29) is 18.6 Å². The molecule has 1 aliphatic rings. The van der Waals surface area contributed by atoms with E-state index in [9.17, 15) is 5.11 Å². The highest BCUT2D eigenvalue weighted by molar-refractivity contribution is 7.10. The Morgan fingerprint density at radius 2 is 1.86 bits per heavy atom. The normalized spacial score (nSPS) is 19.3. The molecule has 0 saturated carbocycles. The fraction of sp³-hybridized carbons (Fsp3) is 0.412. The zero-order valence-corrected chi connectivity index (χ0v) is 12.8. The molecule has 1 N–H and O–H groups in total. The van der Waals surface area contributed by atoms with E-state index >= 15 is 0 Å². The lowest BCUT2D eigenvalue weighted by molar-refractivity contribution is 0.00558. The second-order valence-electron chi connectivity index (χ2n) is 5.31. The van der Waals surface area contributed by atoms with Gasteiger partial charge in [-0.2, -0.15) is 0 Å². The van der Waals surface area contributed by atoms with Crippen molar-refractivity contribution in [3.05, 3.63) is 58.3 Å². The van der Waals surface area contributed by atoms with Gasteiger partial charge in [0.15, 0.2) is 0 Å². The van der Waals surface area contributed by atoms with Crippen LogP contribution in [0, 0.1) is 0 Å². The highest BCUT2D eigenvalue weighted by Gasteiger charge is 2.31. The first kappa shape index (κ1) is 14.7. The standard InChI is InChI=1S/C17H21NO2S/c19-13-15(14-5-2-1-3-6-14)17(16-7-4-12-21-16)18-8-10-20-11-9-18/h1-7,12,15,17,19H,8-11,13H2. The zero-order chi connectivity index (χ0) is 14.5. The molecule has 112 valence electrons. The second kappa shape index (κ2) is 7.18. The van der Waals surface area contributed by atoms with Crippen LogP contribution in [0.15, 0.2) is 47.8 Å². The SMILES string of the molecule is OCC(c1ccccc1)C(c1cccs1)N1CCOCC1. The van der Waals surface area contributed by atoms with Crippen LogP contribution in [-0.2, 0) is 4.74 Å². The molecule has 1 aliphatic heterocycles. The molecule has 0 aliphatic carbocycles. The van der Waals surface area contributed by atoms with Crippen LogP contribution in [0.2, 0.25) is 0 Å². The van der Waals surface area contributed by atoms with E-state index in [4.69, 9.17) is 4.74 Å². The van der Waals surface area contributed by atoms with Crippen molar-refractivity contribution in [1.82, 2.24) is 4.90 Å². The Morgan fingerprint density at radius 3 is 2.48 bits per heavy atom. The summed E-state index contributed by atoms with van der Waals surface area (Å²) in [7, 11) is 0. The monoisotopic (exact) mass is 303 g/mol. The zero-order valence-electron chi connectivity index (χ0n) is 12.0. The molecule has 0 bridgehead atoms. The van der Waals surface area contributed by atoms with E-state index in [1.54, 1.807) is 11.3 Å². The van der Waals surface area contributed by atoms with Crippen molar-refractivity contribution < 1.29 is 9.84 Å². The maximum absolute atomic E-state index is 10.0. The summed E-state index contributed by atoms with van der Waals surface area (Å²) in [4.78, 5) is 3.77. The fourth-order valence-electron chi connectivity index (χ4n) is 3.04. The summed E-state index contributed by atoms with van der Waals surface area (Å²) in [5.74, 6) is 0.1000. The number of rotatable bonds is 5. The molecule has 3 nitrogen and oxygen atoms in total. The number of aliphatic hydroxyl groups is 1. The molecule has 0 radical (unpaired) electrons. The van der Waals surface area contributed by atoms with Crippen LogP contribution in [0.3, 0.4) is 0 Å². The quantitative estimate of drug-likeness (QED) is 0.922. The molecule has 2 unspecified atom stereocenters. The summed E-state index contributed by atoms with van der Waals surface area (Å²) in [5.41, 5.74) is 1.20. The van der Waals surface area contributed by atoms with Crippen LogP contribution >= 0.6 is 11.3 Å². The van der Waals surface area contributed by atoms with E-state index < -0.39 is 0 Å². The van der Waals surface area contributed by atoms with Crippen LogP contribution in [-0.4, -0.2) is 42.9 Å². The van der Waals surface area contributed by atoms with Gasteiger partial charge in [-0.3, -0.25) is 4.90 Å². The van der Waals surface area contributed by atoms with E-state index in [1.165, 1.54) is 10.4 Å². The van der Waals surface area contributed by atoms with Gasteiger partial charge in [-0.1, -0.05) is 36.4 Å². The highest BCUT2D eigenvalue weighted by Crippen LogP contribution is 2.38. The summed E-state index contributed by atoms with van der Waals surface area (Å²) in [5, 5.41) is 12.1. The second-order valence-corrected chi connectivity index (χ2v) is 6.29. The van der Waals surface area contributed by atoms with Crippen molar-refractivity contribution in [2.75, 3.05) is 32.9 Å². The van der Waals surface area contributed by atoms with E-state index in [2.05, 4.69) is 34.5 Å². The molecule has 3 rings (SSSR count). The summed E-state index contributed by atoms with van der Waals surface area (Å²) in [6.45, 7) is 3.55. The number of thiophene rings is 1. The number of aliphatic hydroxyl groups excluding tert-OH is 1. The maximum atomic E-state index is 10.0. The van der Waals surface area contributed by atoms with Crippen molar-refractivity contribution in [1.29, 1.82) is 0 Å². The Balaban J connectivity index is 1.93. The van der Waals surface area contributed by atoms with Gasteiger partial charge >= 0.3 is 0 Å². The Labute approximate surface area is 129 Å². The van der Waals surface area contributed by atoms with Gasteiger partial charge in [0.25, 0.3) is 0 Å². The number of nitrogens with zero attached hydrogens (tertiary/aromatic N) is 1. The lowest BCUT2D eigenvalue weighted by Gasteiger charge is -2.38. The number of hydrogen-bond acceptors (Lipinski definition) is 4. The number of morpholine rings is 1. The maximum Gasteiger partial charge on any atom is 0.0594 e. The van der Waals surface area contributed by atoms with Crippen molar-refractivity contribution in [3.63, 3.8) is 0 Å². The number of benzene rings is 1. The molecule has 0 amide bonds. The van der Waals surface area contributed by atoms with Crippen LogP contribution in [0.4, 0.5) is 0 Å². The third kappa shape index (κ3) is 3.35. The Kier molecular flexibility index (Phi) is 5.04. The summed E-state index contributed by atoms with van der Waals surface area (Å²) < 4.78 is 5.49. The summed E-state index contributed by atoms with van der Waals surface area (Å²) >= 11 is 1.77. The van der Waals surface area contributed by atoms with Gasteiger partial charge in [0.2, 0.25) is 0 Å².